The van der Waals surface area contributed by atoms with Gasteiger partial charge in [0.25, 0.3) is 7.82 Å². The average molecular weight is 385 g/mol. The molecule has 0 aromatic carbocycles. The van der Waals surface area contributed by atoms with E-state index in [-0.39, 0.29) is 19.2 Å². The van der Waals surface area contributed by atoms with Crippen molar-refractivity contribution in [3.8, 4) is 0 Å². The quantitative estimate of drug-likeness (QED) is 0.210. The van der Waals surface area contributed by atoms with Crippen molar-refractivity contribution < 1.29 is 33.5 Å². The topological polar surface area (TPSA) is 153 Å². The lowest BCUT2D eigenvalue weighted by atomic mass is 10.1. The minimum Gasteiger partial charge on any atom is -0.756 e. The molecule has 0 heterocycles. The Labute approximate surface area is 151 Å². The fraction of sp³-hybridized carbons (Fsp3) is 0.938. The van der Waals surface area contributed by atoms with Gasteiger partial charge in [0, 0.05) is 6.42 Å². The minimum atomic E-state index is -4.86. The highest BCUT2D eigenvalue weighted by molar-refractivity contribution is 7.44. The third-order valence-electron chi connectivity index (χ3n) is 3.60. The number of quaternary nitrogens is 1. The Bertz CT molecular complexity index is 362. The van der Waals surface area contributed by atoms with Crippen LogP contribution >= 0.6 is 7.82 Å². The van der Waals surface area contributed by atoms with Crippen LogP contribution in [0.5, 0.6) is 0 Å². The number of aliphatic hydroxyl groups excluding tert-OH is 1. The first-order valence-electron chi connectivity index (χ1n) is 8.87. The Morgan fingerprint density at radius 3 is 1.96 bits per heavy atom. The summed E-state index contributed by atoms with van der Waals surface area (Å²) in [6, 6.07) is 0. The molecule has 0 rings (SSSR count). The third kappa shape index (κ3) is 21.5. The number of hydrogen-bond acceptors (Lipinski definition) is 6. The van der Waals surface area contributed by atoms with Crippen LogP contribution in [-0.2, 0) is 18.6 Å². The van der Waals surface area contributed by atoms with E-state index in [1.54, 1.807) is 0 Å². The van der Waals surface area contributed by atoms with Crippen LogP contribution in [0, 0.1) is 0 Å². The molecule has 8 nitrogen and oxygen atoms in total. The molecule has 0 fully saturated rings. The van der Waals surface area contributed by atoms with E-state index in [4.69, 9.17) is 9.63 Å². The molecule has 0 aromatic rings. The van der Waals surface area contributed by atoms with E-state index >= 15 is 0 Å². The molecule has 25 heavy (non-hydrogen) atoms. The highest BCUT2D eigenvalue weighted by Gasteiger charge is 2.12. The zero-order valence-corrected chi connectivity index (χ0v) is 16.5. The first kappa shape index (κ1) is 26.7. The Morgan fingerprint density at radius 2 is 1.48 bits per heavy atom. The maximum Gasteiger partial charge on any atom is 0.305 e. The number of aliphatic hydroxyl groups is 1. The SMILES string of the molecule is CCCCCCCCCCCCC(=O)OC[C@@H](O)COP(=O)([O-])O.[NH4+]. The Morgan fingerprint density at radius 1 is 1.00 bits per heavy atom. The molecular weight excluding hydrogens is 349 g/mol. The molecule has 9 heteroatoms. The molecule has 0 aromatic heterocycles. The molecule has 0 aliphatic rings. The third-order valence-corrected chi connectivity index (χ3v) is 4.08. The zero-order chi connectivity index (χ0) is 18.3. The van der Waals surface area contributed by atoms with E-state index in [1.807, 2.05) is 0 Å². The summed E-state index contributed by atoms with van der Waals surface area (Å²) >= 11 is 0. The molecule has 0 amide bonds. The molecule has 6 N–H and O–H groups in total. The predicted octanol–water partition coefficient (Wildman–Crippen LogP) is 3.05. The molecule has 0 aliphatic heterocycles. The van der Waals surface area contributed by atoms with Gasteiger partial charge < -0.3 is 30.3 Å². The van der Waals surface area contributed by atoms with Crippen LogP contribution in [0.25, 0.3) is 0 Å². The van der Waals surface area contributed by atoms with Crippen LogP contribution in [0.1, 0.15) is 77.6 Å². The standard InChI is InChI=1S/C16H33O7P.H3N/c1-2-3-4-5-6-7-8-9-10-11-12-16(18)22-13-15(17)14-23-24(19,20)21;/h15,17H,2-14H2,1H3,(H2,19,20,21);1H3/t15-;/m1./s1. The van der Waals surface area contributed by atoms with E-state index in [1.165, 1.54) is 44.9 Å². The Kier molecular flexibility index (Phi) is 18.1. The normalized spacial score (nSPS) is 14.4. The van der Waals surface area contributed by atoms with Crippen molar-refractivity contribution in [2.45, 2.75) is 83.7 Å². The number of rotatable bonds is 16. The Balaban J connectivity index is 0. The predicted molar refractivity (Wildman–Crippen MR) is 95.2 cm³/mol. The van der Waals surface area contributed by atoms with Gasteiger partial charge in [-0.25, -0.2) is 0 Å². The van der Waals surface area contributed by atoms with Crippen LogP contribution in [0.4, 0.5) is 0 Å². The maximum atomic E-state index is 11.4. The second-order valence-corrected chi connectivity index (χ2v) is 7.23. The molecule has 0 radical (unpaired) electrons. The van der Waals surface area contributed by atoms with E-state index in [2.05, 4.69) is 11.4 Å². The highest BCUT2D eigenvalue weighted by Crippen LogP contribution is 2.30. The first-order valence-corrected chi connectivity index (χ1v) is 10.4. The van der Waals surface area contributed by atoms with Gasteiger partial charge >= 0.3 is 5.97 Å². The summed E-state index contributed by atoms with van der Waals surface area (Å²) in [5.74, 6) is -0.428. The number of carbonyl (C=O) groups is 1. The number of esters is 1. The van der Waals surface area contributed by atoms with E-state index in [0.717, 1.165) is 19.3 Å². The average Bonchev–Trinajstić information content (AvgIpc) is 2.52. The number of phosphoric ester groups is 1. The van der Waals surface area contributed by atoms with Gasteiger partial charge in [-0.3, -0.25) is 9.36 Å². The van der Waals surface area contributed by atoms with Crippen molar-refractivity contribution in [3.05, 3.63) is 0 Å². The number of ether oxygens (including phenoxy) is 1. The second-order valence-electron chi connectivity index (χ2n) is 6.03. The van der Waals surface area contributed by atoms with Crippen molar-refractivity contribution in [2.24, 2.45) is 0 Å². The van der Waals surface area contributed by atoms with Gasteiger partial charge in [0.2, 0.25) is 0 Å². The Hall–Kier alpha value is -0.500. The number of unbranched alkanes of at least 4 members (excludes halogenated alkanes) is 9. The molecule has 0 bridgehead atoms. The summed E-state index contributed by atoms with van der Waals surface area (Å²) in [4.78, 5) is 30.1. The zero-order valence-electron chi connectivity index (χ0n) is 15.7. The van der Waals surface area contributed by atoms with Crippen LogP contribution in [0.15, 0.2) is 0 Å². The summed E-state index contributed by atoms with van der Waals surface area (Å²) in [6.07, 6.45) is 10.8. The molecule has 0 saturated heterocycles. The lowest BCUT2D eigenvalue weighted by Crippen LogP contribution is -2.24. The van der Waals surface area contributed by atoms with Gasteiger partial charge in [0.15, 0.2) is 0 Å². The molecule has 0 aliphatic carbocycles. The molecule has 2 atom stereocenters. The number of hydrogen-bond donors (Lipinski definition) is 3. The highest BCUT2D eigenvalue weighted by atomic mass is 31.2. The lowest BCUT2D eigenvalue weighted by Gasteiger charge is -2.18. The van der Waals surface area contributed by atoms with Crippen LogP contribution in [0.2, 0.25) is 0 Å². The monoisotopic (exact) mass is 385 g/mol. The molecule has 1 unspecified atom stereocenters. The van der Waals surface area contributed by atoms with Gasteiger partial charge in [-0.05, 0) is 6.42 Å². The summed E-state index contributed by atoms with van der Waals surface area (Å²) in [6.45, 7) is 1.22. The summed E-state index contributed by atoms with van der Waals surface area (Å²) in [7, 11) is -4.86. The largest absolute Gasteiger partial charge is 0.756 e. The smallest absolute Gasteiger partial charge is 0.305 e. The van der Waals surface area contributed by atoms with Crippen molar-refractivity contribution in [3.63, 3.8) is 0 Å². The second kappa shape index (κ2) is 16.9. The van der Waals surface area contributed by atoms with Gasteiger partial charge in [-0.1, -0.05) is 64.7 Å². The minimum absolute atomic E-state index is 0. The van der Waals surface area contributed by atoms with Crippen molar-refractivity contribution in [1.82, 2.24) is 6.15 Å². The molecule has 0 spiro atoms. The van der Waals surface area contributed by atoms with Gasteiger partial charge in [0.1, 0.15) is 12.7 Å². The van der Waals surface area contributed by atoms with E-state index in [9.17, 15) is 19.4 Å². The maximum absolute atomic E-state index is 11.4. The fourth-order valence-electron chi connectivity index (χ4n) is 2.25. The van der Waals surface area contributed by atoms with E-state index in [0.29, 0.717) is 0 Å². The van der Waals surface area contributed by atoms with Crippen molar-refractivity contribution in [2.75, 3.05) is 13.2 Å². The van der Waals surface area contributed by atoms with Crippen molar-refractivity contribution in [1.29, 1.82) is 0 Å². The van der Waals surface area contributed by atoms with Gasteiger partial charge in [-0.15, -0.1) is 0 Å². The van der Waals surface area contributed by atoms with Crippen LogP contribution in [-0.4, -0.2) is 35.3 Å². The first-order chi connectivity index (χ1) is 11.3. The number of phosphoric acid groups is 1. The van der Waals surface area contributed by atoms with Crippen LogP contribution in [0.3, 0.4) is 0 Å². The van der Waals surface area contributed by atoms with Crippen molar-refractivity contribution >= 4 is 13.8 Å². The molecule has 152 valence electrons. The lowest BCUT2D eigenvalue weighted by molar-refractivity contribution is -0.222. The number of carbonyl (C=O) groups excluding carboxylic acids is 1. The van der Waals surface area contributed by atoms with E-state index < -0.39 is 26.5 Å². The summed E-state index contributed by atoms with van der Waals surface area (Å²) in [5, 5.41) is 9.33. The summed E-state index contributed by atoms with van der Waals surface area (Å²) in [5.41, 5.74) is 0. The van der Waals surface area contributed by atoms with Gasteiger partial charge in [0.05, 0.1) is 6.61 Å². The van der Waals surface area contributed by atoms with Gasteiger partial charge in [-0.2, -0.15) is 0 Å². The van der Waals surface area contributed by atoms with Crippen LogP contribution < -0.4 is 11.0 Å². The molecular formula is C16H36NO7P. The fourth-order valence-corrected chi connectivity index (χ4v) is 2.61. The molecule has 0 saturated carbocycles. The summed E-state index contributed by atoms with van der Waals surface area (Å²) < 4.78 is 19.1.